The van der Waals surface area contributed by atoms with Crippen LogP contribution in [0.1, 0.15) is 6.92 Å². The summed E-state index contributed by atoms with van der Waals surface area (Å²) in [7, 11) is 1.58. The van der Waals surface area contributed by atoms with E-state index in [2.05, 4.69) is 15.9 Å². The Balaban J connectivity index is 2.78. The third-order valence-corrected chi connectivity index (χ3v) is 2.66. The summed E-state index contributed by atoms with van der Waals surface area (Å²) in [5.41, 5.74) is 0.00303. The van der Waals surface area contributed by atoms with Crippen molar-refractivity contribution in [1.29, 1.82) is 0 Å². The topological polar surface area (TPSA) is 61.6 Å². The summed E-state index contributed by atoms with van der Waals surface area (Å²) in [5.74, 6) is 0.443. The van der Waals surface area contributed by atoms with Crippen molar-refractivity contribution in [2.45, 2.75) is 13.0 Å². The summed E-state index contributed by atoms with van der Waals surface area (Å²) in [6.07, 6.45) is -0.0637. The average Bonchev–Trinajstić information content (AvgIpc) is 2.27. The van der Waals surface area contributed by atoms with Gasteiger partial charge in [-0.2, -0.15) is 0 Å². The van der Waals surface area contributed by atoms with E-state index in [4.69, 9.17) is 9.47 Å². The first-order chi connectivity index (χ1) is 7.54. The molecule has 0 radical (unpaired) electrons. The lowest BCUT2D eigenvalue weighted by atomic mass is 10.3. The number of hydrogen-bond donors (Lipinski definition) is 0. The smallest absolute Gasteiger partial charge is 0.273 e. The van der Waals surface area contributed by atoms with E-state index in [1.807, 2.05) is 6.92 Å². The molecule has 1 unspecified atom stereocenters. The van der Waals surface area contributed by atoms with Crippen molar-refractivity contribution in [3.8, 4) is 5.75 Å². The zero-order chi connectivity index (χ0) is 12.1. The molecule has 6 heteroatoms. The van der Waals surface area contributed by atoms with Gasteiger partial charge in [0.15, 0.2) is 0 Å². The van der Waals surface area contributed by atoms with E-state index in [1.165, 1.54) is 12.1 Å². The molecule has 0 fully saturated rings. The maximum Gasteiger partial charge on any atom is 0.273 e. The van der Waals surface area contributed by atoms with Crippen LogP contribution < -0.4 is 4.74 Å². The Labute approximate surface area is 102 Å². The van der Waals surface area contributed by atoms with Gasteiger partial charge in [-0.25, -0.2) is 0 Å². The van der Waals surface area contributed by atoms with Crippen LogP contribution >= 0.6 is 15.9 Å². The summed E-state index contributed by atoms with van der Waals surface area (Å²) >= 11 is 3.26. The van der Waals surface area contributed by atoms with E-state index in [-0.39, 0.29) is 11.8 Å². The largest absolute Gasteiger partial charge is 0.489 e. The van der Waals surface area contributed by atoms with Crippen LogP contribution in [0, 0.1) is 10.1 Å². The lowest BCUT2D eigenvalue weighted by molar-refractivity contribution is -0.385. The minimum Gasteiger partial charge on any atom is -0.489 e. The second-order valence-corrected chi connectivity index (χ2v) is 4.08. The van der Waals surface area contributed by atoms with Crippen molar-refractivity contribution >= 4 is 21.6 Å². The fourth-order valence-corrected chi connectivity index (χ4v) is 1.35. The number of non-ortho nitro benzene ring substituents is 1. The molecule has 88 valence electrons. The lowest BCUT2D eigenvalue weighted by Gasteiger charge is -2.12. The summed E-state index contributed by atoms with van der Waals surface area (Å²) < 4.78 is 11.1. The molecule has 1 aromatic carbocycles. The highest BCUT2D eigenvalue weighted by molar-refractivity contribution is 9.10. The van der Waals surface area contributed by atoms with Crippen LogP contribution in [-0.2, 0) is 4.74 Å². The van der Waals surface area contributed by atoms with Gasteiger partial charge in [-0.1, -0.05) is 0 Å². The first-order valence-corrected chi connectivity index (χ1v) is 5.43. The van der Waals surface area contributed by atoms with Crippen LogP contribution in [0.15, 0.2) is 22.7 Å². The molecular weight excluding hydrogens is 278 g/mol. The van der Waals surface area contributed by atoms with Crippen LogP contribution in [0.3, 0.4) is 0 Å². The molecule has 16 heavy (non-hydrogen) atoms. The summed E-state index contributed by atoms with van der Waals surface area (Å²) in [6.45, 7) is 2.20. The highest BCUT2D eigenvalue weighted by atomic mass is 79.9. The molecule has 0 aliphatic heterocycles. The molecule has 1 aromatic rings. The molecule has 0 heterocycles. The van der Waals surface area contributed by atoms with Gasteiger partial charge in [-0.3, -0.25) is 10.1 Å². The van der Waals surface area contributed by atoms with Gasteiger partial charge in [0.05, 0.1) is 21.6 Å². The Morgan fingerprint density at radius 3 is 2.81 bits per heavy atom. The third-order valence-electron chi connectivity index (χ3n) is 2.00. The quantitative estimate of drug-likeness (QED) is 0.618. The number of ether oxygens (including phenoxy) is 2. The molecule has 5 nitrogen and oxygen atoms in total. The second-order valence-electron chi connectivity index (χ2n) is 3.23. The normalized spacial score (nSPS) is 12.2. The molecule has 0 spiro atoms. The fourth-order valence-electron chi connectivity index (χ4n) is 0.991. The molecule has 0 bridgehead atoms. The van der Waals surface area contributed by atoms with Gasteiger partial charge in [-0.15, -0.1) is 0 Å². The second kappa shape index (κ2) is 5.81. The zero-order valence-electron chi connectivity index (χ0n) is 8.97. The van der Waals surface area contributed by atoms with E-state index in [0.29, 0.717) is 16.8 Å². The van der Waals surface area contributed by atoms with Crippen molar-refractivity contribution in [3.63, 3.8) is 0 Å². The minimum atomic E-state index is -0.459. The number of nitro benzene ring substituents is 1. The fraction of sp³-hybridized carbons (Fsp3) is 0.400. The lowest BCUT2D eigenvalue weighted by Crippen LogP contribution is -2.16. The molecule has 0 saturated carbocycles. The van der Waals surface area contributed by atoms with E-state index < -0.39 is 4.92 Å². The molecule has 0 aliphatic carbocycles. The number of rotatable bonds is 5. The van der Waals surface area contributed by atoms with Gasteiger partial charge in [0, 0.05) is 13.2 Å². The van der Waals surface area contributed by atoms with Crippen molar-refractivity contribution in [3.05, 3.63) is 32.8 Å². The maximum absolute atomic E-state index is 10.6. The minimum absolute atomic E-state index is 0.00303. The van der Waals surface area contributed by atoms with Crippen molar-refractivity contribution in [2.75, 3.05) is 13.7 Å². The molecule has 1 atom stereocenters. The molecule has 1 rings (SSSR count). The molecular formula is C10H12BrNO4. The van der Waals surface area contributed by atoms with Gasteiger partial charge in [0.1, 0.15) is 12.4 Å². The highest BCUT2D eigenvalue weighted by Crippen LogP contribution is 2.29. The predicted octanol–water partition coefficient (Wildman–Crippen LogP) is 2.77. The Morgan fingerprint density at radius 2 is 2.25 bits per heavy atom. The predicted molar refractivity (Wildman–Crippen MR) is 62.8 cm³/mol. The van der Waals surface area contributed by atoms with Gasteiger partial charge < -0.3 is 9.47 Å². The van der Waals surface area contributed by atoms with Crippen molar-refractivity contribution in [1.82, 2.24) is 0 Å². The van der Waals surface area contributed by atoms with Crippen molar-refractivity contribution < 1.29 is 14.4 Å². The number of halogens is 1. The average molecular weight is 290 g/mol. The summed E-state index contributed by atoms with van der Waals surface area (Å²) in [4.78, 5) is 10.1. The van der Waals surface area contributed by atoms with Crippen LogP contribution in [0.25, 0.3) is 0 Å². The van der Waals surface area contributed by atoms with E-state index in [1.54, 1.807) is 13.2 Å². The molecule has 0 N–H and O–H groups in total. The van der Waals surface area contributed by atoms with Gasteiger partial charge in [0.25, 0.3) is 5.69 Å². The van der Waals surface area contributed by atoms with Gasteiger partial charge in [-0.05, 0) is 28.9 Å². The van der Waals surface area contributed by atoms with Crippen LogP contribution in [0.4, 0.5) is 5.69 Å². The van der Waals surface area contributed by atoms with Crippen LogP contribution in [0.2, 0.25) is 0 Å². The number of nitrogens with zero attached hydrogens (tertiary/aromatic N) is 1. The number of hydrogen-bond acceptors (Lipinski definition) is 4. The Morgan fingerprint density at radius 1 is 1.56 bits per heavy atom. The summed E-state index contributed by atoms with van der Waals surface area (Å²) in [5, 5.41) is 10.6. The Bertz CT molecular complexity index is 383. The van der Waals surface area contributed by atoms with E-state index >= 15 is 0 Å². The van der Waals surface area contributed by atoms with Gasteiger partial charge >= 0.3 is 0 Å². The Hall–Kier alpha value is -1.14. The van der Waals surface area contributed by atoms with E-state index in [9.17, 15) is 10.1 Å². The van der Waals surface area contributed by atoms with Crippen molar-refractivity contribution in [2.24, 2.45) is 0 Å². The summed E-state index contributed by atoms with van der Waals surface area (Å²) in [6, 6.07) is 4.38. The van der Waals surface area contributed by atoms with Gasteiger partial charge in [0.2, 0.25) is 0 Å². The number of benzene rings is 1. The number of methoxy groups -OCH3 is 1. The molecule has 0 saturated heterocycles. The third kappa shape index (κ3) is 3.46. The Kier molecular flexibility index (Phi) is 4.70. The van der Waals surface area contributed by atoms with E-state index in [0.717, 1.165) is 0 Å². The van der Waals surface area contributed by atoms with Crippen LogP contribution in [-0.4, -0.2) is 24.7 Å². The first kappa shape index (κ1) is 12.9. The molecule has 0 amide bonds. The zero-order valence-corrected chi connectivity index (χ0v) is 10.6. The van der Waals surface area contributed by atoms with Crippen LogP contribution in [0.5, 0.6) is 5.75 Å². The highest BCUT2D eigenvalue weighted by Gasteiger charge is 2.11. The number of nitro groups is 1. The first-order valence-electron chi connectivity index (χ1n) is 4.64. The monoisotopic (exact) mass is 289 g/mol. The SMILES string of the molecule is COC(C)COc1cc([N+](=O)[O-])ccc1Br. The molecule has 0 aliphatic rings. The maximum atomic E-state index is 10.6. The standard InChI is InChI=1S/C10H12BrNO4/c1-7(15-2)6-16-10-5-8(12(13)14)3-4-9(10)11/h3-5,7H,6H2,1-2H3. The molecule has 0 aromatic heterocycles.